The maximum atomic E-state index is 6.66. The van der Waals surface area contributed by atoms with E-state index in [0.717, 1.165) is 34.9 Å². The highest BCUT2D eigenvalue weighted by molar-refractivity contribution is 6.36. The van der Waals surface area contributed by atoms with E-state index < -0.39 is 0 Å². The summed E-state index contributed by atoms with van der Waals surface area (Å²) in [5.74, 6) is 0.717. The molecular weight excluding hydrogens is 303 g/mol. The number of nitrogens with two attached hydrogens (primary N) is 1. The van der Waals surface area contributed by atoms with Crippen molar-refractivity contribution in [1.29, 1.82) is 0 Å². The molecule has 2 N–H and O–H groups in total. The second-order valence-electron chi connectivity index (χ2n) is 6.71. The number of likely N-dealkylation sites (N-methyl/N-ethyl adjacent to an activating group) is 1. The summed E-state index contributed by atoms with van der Waals surface area (Å²) >= 11 is 12.6. The van der Waals surface area contributed by atoms with Crippen molar-refractivity contribution in [2.75, 3.05) is 14.1 Å². The van der Waals surface area contributed by atoms with E-state index in [2.05, 4.69) is 25.9 Å². The highest BCUT2D eigenvalue weighted by atomic mass is 35.5. The Kier molecular flexibility index (Phi) is 5.59. The van der Waals surface area contributed by atoms with Crippen molar-refractivity contribution in [2.24, 2.45) is 11.7 Å². The minimum absolute atomic E-state index is 0.0349. The molecule has 2 rings (SSSR count). The molecule has 1 aromatic carbocycles. The van der Waals surface area contributed by atoms with Gasteiger partial charge in [-0.05, 0) is 57.0 Å². The maximum Gasteiger partial charge on any atom is 0.0453 e. The van der Waals surface area contributed by atoms with Gasteiger partial charge in [0.1, 0.15) is 0 Å². The lowest BCUT2D eigenvalue weighted by Crippen LogP contribution is -2.60. The third-order valence-corrected chi connectivity index (χ3v) is 5.78. The predicted octanol–water partition coefficient (Wildman–Crippen LogP) is 4.37. The molecule has 0 spiro atoms. The van der Waals surface area contributed by atoms with Gasteiger partial charge in [-0.3, -0.25) is 0 Å². The van der Waals surface area contributed by atoms with Gasteiger partial charge in [0, 0.05) is 21.6 Å². The minimum atomic E-state index is 0.0349. The SMILES string of the molecule is CC1CCCC(C(N)Cc2c(Cl)cccc2Cl)(N(C)C)C1. The lowest BCUT2D eigenvalue weighted by atomic mass is 9.70. The number of benzene rings is 1. The molecule has 1 aromatic rings. The van der Waals surface area contributed by atoms with Crippen molar-refractivity contribution in [2.45, 2.75) is 50.6 Å². The lowest BCUT2D eigenvalue weighted by molar-refractivity contribution is 0.0504. The van der Waals surface area contributed by atoms with Crippen LogP contribution in [0.15, 0.2) is 18.2 Å². The van der Waals surface area contributed by atoms with E-state index in [0.29, 0.717) is 5.92 Å². The molecule has 1 aliphatic carbocycles. The van der Waals surface area contributed by atoms with Crippen LogP contribution in [0.5, 0.6) is 0 Å². The third-order valence-electron chi connectivity index (χ3n) is 5.08. The standard InChI is InChI=1S/C17H26Cl2N2/c1-12-6-5-9-17(11-12,21(2)3)16(20)10-13-14(18)7-4-8-15(13)19/h4,7-8,12,16H,5-6,9-11,20H2,1-3H3. The van der Waals surface area contributed by atoms with E-state index >= 15 is 0 Å². The molecule has 1 saturated carbocycles. The van der Waals surface area contributed by atoms with Gasteiger partial charge in [0.2, 0.25) is 0 Å². The van der Waals surface area contributed by atoms with Crippen LogP contribution in [0.4, 0.5) is 0 Å². The summed E-state index contributed by atoms with van der Waals surface area (Å²) < 4.78 is 0. The van der Waals surface area contributed by atoms with E-state index in [9.17, 15) is 0 Å². The zero-order chi connectivity index (χ0) is 15.6. The minimum Gasteiger partial charge on any atom is -0.326 e. The zero-order valence-corrected chi connectivity index (χ0v) is 14.7. The summed E-state index contributed by atoms with van der Waals surface area (Å²) in [7, 11) is 4.29. The van der Waals surface area contributed by atoms with Crippen molar-refractivity contribution < 1.29 is 0 Å². The van der Waals surface area contributed by atoms with Crippen LogP contribution >= 0.6 is 23.2 Å². The Morgan fingerprint density at radius 3 is 2.48 bits per heavy atom. The van der Waals surface area contributed by atoms with Crippen molar-refractivity contribution in [3.8, 4) is 0 Å². The molecule has 1 fully saturated rings. The van der Waals surface area contributed by atoms with Gasteiger partial charge in [0.15, 0.2) is 0 Å². The first kappa shape index (κ1) is 17.1. The molecular formula is C17H26Cl2N2. The average molecular weight is 329 g/mol. The van der Waals surface area contributed by atoms with Gasteiger partial charge in [-0.25, -0.2) is 0 Å². The van der Waals surface area contributed by atoms with Crippen LogP contribution < -0.4 is 5.73 Å². The molecule has 2 nitrogen and oxygen atoms in total. The van der Waals surface area contributed by atoms with Crippen molar-refractivity contribution >= 4 is 23.2 Å². The summed E-state index contributed by atoms with van der Waals surface area (Å²) in [5, 5.41) is 1.44. The number of hydrogen-bond donors (Lipinski definition) is 1. The fourth-order valence-electron chi connectivity index (χ4n) is 3.78. The van der Waals surface area contributed by atoms with Crippen LogP contribution in [-0.2, 0) is 6.42 Å². The first-order valence-corrected chi connectivity index (χ1v) is 8.48. The van der Waals surface area contributed by atoms with Gasteiger partial charge >= 0.3 is 0 Å². The van der Waals surface area contributed by atoms with Crippen LogP contribution in [0.1, 0.15) is 38.2 Å². The van der Waals surface area contributed by atoms with Crippen LogP contribution in [0.2, 0.25) is 10.0 Å². The van der Waals surface area contributed by atoms with Gasteiger partial charge in [0.25, 0.3) is 0 Å². The number of hydrogen-bond acceptors (Lipinski definition) is 2. The van der Waals surface area contributed by atoms with Crippen LogP contribution in [-0.4, -0.2) is 30.6 Å². The molecule has 0 bridgehead atoms. The molecule has 0 radical (unpaired) electrons. The monoisotopic (exact) mass is 328 g/mol. The van der Waals surface area contributed by atoms with Crippen LogP contribution in [0.25, 0.3) is 0 Å². The van der Waals surface area contributed by atoms with Crippen LogP contribution in [0.3, 0.4) is 0 Å². The Morgan fingerprint density at radius 1 is 1.33 bits per heavy atom. The summed E-state index contributed by atoms with van der Waals surface area (Å²) in [6.07, 6.45) is 5.55. The molecule has 21 heavy (non-hydrogen) atoms. The Hall–Kier alpha value is -0.280. The van der Waals surface area contributed by atoms with Gasteiger partial charge in [0.05, 0.1) is 0 Å². The number of nitrogens with zero attached hydrogens (tertiary/aromatic N) is 1. The third kappa shape index (κ3) is 3.56. The molecule has 0 aromatic heterocycles. The lowest BCUT2D eigenvalue weighted by Gasteiger charge is -2.49. The Balaban J connectivity index is 2.25. The number of rotatable bonds is 4. The fourth-order valence-corrected chi connectivity index (χ4v) is 4.33. The second kappa shape index (κ2) is 6.87. The molecule has 0 saturated heterocycles. The molecule has 3 atom stereocenters. The maximum absolute atomic E-state index is 6.66. The summed E-state index contributed by atoms with van der Waals surface area (Å²) in [4.78, 5) is 2.32. The Morgan fingerprint density at radius 2 is 1.95 bits per heavy atom. The average Bonchev–Trinajstić information content (AvgIpc) is 2.42. The first-order valence-electron chi connectivity index (χ1n) is 7.72. The smallest absolute Gasteiger partial charge is 0.0453 e. The first-order chi connectivity index (χ1) is 9.86. The van der Waals surface area contributed by atoms with Crippen molar-refractivity contribution in [3.63, 3.8) is 0 Å². The van der Waals surface area contributed by atoms with Crippen molar-refractivity contribution in [3.05, 3.63) is 33.8 Å². The molecule has 1 aliphatic rings. The van der Waals surface area contributed by atoms with Gasteiger partial charge in [-0.15, -0.1) is 0 Å². The van der Waals surface area contributed by atoms with E-state index in [-0.39, 0.29) is 11.6 Å². The Bertz CT molecular complexity index is 469. The normalized spacial score (nSPS) is 27.9. The molecule has 0 amide bonds. The summed E-state index contributed by atoms with van der Waals surface area (Å²) in [5.41, 5.74) is 7.68. The predicted molar refractivity (Wildman–Crippen MR) is 92.2 cm³/mol. The summed E-state index contributed by atoms with van der Waals surface area (Å²) in [6, 6.07) is 5.69. The van der Waals surface area contributed by atoms with Gasteiger partial charge < -0.3 is 10.6 Å². The largest absolute Gasteiger partial charge is 0.326 e. The van der Waals surface area contributed by atoms with E-state index in [4.69, 9.17) is 28.9 Å². The van der Waals surface area contributed by atoms with Crippen LogP contribution in [0, 0.1) is 5.92 Å². The van der Waals surface area contributed by atoms with Gasteiger partial charge in [-0.1, -0.05) is 49.0 Å². The van der Waals surface area contributed by atoms with Crippen molar-refractivity contribution in [1.82, 2.24) is 4.90 Å². The summed E-state index contributed by atoms with van der Waals surface area (Å²) in [6.45, 7) is 2.33. The van der Waals surface area contributed by atoms with E-state index in [1.807, 2.05) is 18.2 Å². The number of halogens is 2. The second-order valence-corrected chi connectivity index (χ2v) is 7.52. The molecule has 0 aliphatic heterocycles. The zero-order valence-electron chi connectivity index (χ0n) is 13.2. The molecule has 118 valence electrons. The quantitative estimate of drug-likeness (QED) is 0.888. The van der Waals surface area contributed by atoms with Gasteiger partial charge in [-0.2, -0.15) is 0 Å². The van der Waals surface area contributed by atoms with E-state index in [1.54, 1.807) is 0 Å². The van der Waals surface area contributed by atoms with E-state index in [1.165, 1.54) is 12.8 Å². The molecule has 0 heterocycles. The molecule has 3 unspecified atom stereocenters. The Labute approximate surface area is 138 Å². The topological polar surface area (TPSA) is 29.3 Å². The highest BCUT2D eigenvalue weighted by Gasteiger charge is 2.42. The fraction of sp³-hybridized carbons (Fsp3) is 0.647. The highest BCUT2D eigenvalue weighted by Crippen LogP contribution is 2.39. The molecule has 4 heteroatoms.